The number of Topliss-reactive ketones (excluding diaryl/α,β-unsaturated/α-hetero) is 1. The van der Waals surface area contributed by atoms with Gasteiger partial charge >= 0.3 is 0 Å². The Morgan fingerprint density at radius 3 is 2.45 bits per heavy atom. The third-order valence-corrected chi connectivity index (χ3v) is 5.86. The van der Waals surface area contributed by atoms with E-state index in [9.17, 15) is 9.59 Å². The molecule has 0 spiro atoms. The van der Waals surface area contributed by atoms with Crippen LogP contribution in [0.1, 0.15) is 34.3 Å². The molecule has 0 atom stereocenters. The first kappa shape index (κ1) is 17.7. The zero-order valence-electron chi connectivity index (χ0n) is 15.9. The van der Waals surface area contributed by atoms with Crippen LogP contribution < -0.4 is 9.47 Å². The predicted molar refractivity (Wildman–Crippen MR) is 109 cm³/mol. The fourth-order valence-corrected chi connectivity index (χ4v) is 4.05. The summed E-state index contributed by atoms with van der Waals surface area (Å²) < 4.78 is 10.9. The van der Waals surface area contributed by atoms with E-state index in [4.69, 9.17) is 9.47 Å². The Hall–Kier alpha value is -3.40. The summed E-state index contributed by atoms with van der Waals surface area (Å²) in [6, 6.07) is 21.3. The third kappa shape index (κ3) is 3.21. The zero-order chi connectivity index (χ0) is 19.8. The van der Waals surface area contributed by atoms with Gasteiger partial charge in [-0.1, -0.05) is 48.5 Å². The average molecular weight is 384 g/mol. The molecule has 0 unspecified atom stereocenters. The van der Waals surface area contributed by atoms with Crippen molar-refractivity contribution in [3.05, 3.63) is 83.4 Å². The molecule has 0 aromatic heterocycles. The fraction of sp³-hybridized carbons (Fsp3) is 0.200. The van der Waals surface area contributed by atoms with Crippen LogP contribution in [0.3, 0.4) is 0 Å². The normalized spacial score (nSPS) is 15.7. The van der Waals surface area contributed by atoms with Crippen LogP contribution in [-0.4, -0.2) is 18.9 Å². The highest BCUT2D eigenvalue weighted by Gasteiger charge is 2.50. The van der Waals surface area contributed by atoms with Crippen LogP contribution in [0.5, 0.6) is 11.5 Å². The third-order valence-electron chi connectivity index (χ3n) is 5.86. The monoisotopic (exact) mass is 384 g/mol. The smallest absolute Gasteiger partial charge is 0.231 e. The van der Waals surface area contributed by atoms with Crippen molar-refractivity contribution in [2.24, 2.45) is 0 Å². The molecule has 0 N–H and O–H groups in total. The molecule has 0 amide bonds. The molecular formula is C25H20O4. The van der Waals surface area contributed by atoms with Gasteiger partial charge in [-0.05, 0) is 53.3 Å². The van der Waals surface area contributed by atoms with Crippen molar-refractivity contribution >= 4 is 12.1 Å². The number of ketones is 1. The second kappa shape index (κ2) is 6.89. The molecule has 4 nitrogen and oxygen atoms in total. The highest BCUT2D eigenvalue weighted by Crippen LogP contribution is 2.51. The lowest BCUT2D eigenvalue weighted by molar-refractivity contribution is -0.120. The molecule has 4 heteroatoms. The van der Waals surface area contributed by atoms with E-state index in [2.05, 4.69) is 0 Å². The fourth-order valence-electron chi connectivity index (χ4n) is 4.05. The van der Waals surface area contributed by atoms with E-state index in [-0.39, 0.29) is 12.6 Å². The van der Waals surface area contributed by atoms with Crippen LogP contribution in [0.15, 0.2) is 66.7 Å². The SMILES string of the molecule is O=Cc1cccc(-c2cccc(CC(=O)C3(c4ccc5c(c4)OCO5)CC3)c2)c1. The molecule has 1 aliphatic heterocycles. The summed E-state index contributed by atoms with van der Waals surface area (Å²) in [5, 5.41) is 0. The number of ether oxygens (including phenoxy) is 2. The number of rotatable bonds is 6. The lowest BCUT2D eigenvalue weighted by Crippen LogP contribution is -2.22. The van der Waals surface area contributed by atoms with Gasteiger partial charge in [-0.2, -0.15) is 0 Å². The van der Waals surface area contributed by atoms with Gasteiger partial charge in [-0.3, -0.25) is 9.59 Å². The van der Waals surface area contributed by atoms with E-state index in [0.29, 0.717) is 12.0 Å². The van der Waals surface area contributed by atoms with Gasteiger partial charge in [0.05, 0.1) is 5.41 Å². The molecule has 2 aliphatic rings. The van der Waals surface area contributed by atoms with Crippen LogP contribution in [-0.2, 0) is 16.6 Å². The topological polar surface area (TPSA) is 52.6 Å². The average Bonchev–Trinajstić information content (AvgIpc) is 3.45. The van der Waals surface area contributed by atoms with Gasteiger partial charge in [0.15, 0.2) is 11.5 Å². The molecule has 144 valence electrons. The lowest BCUT2D eigenvalue weighted by Gasteiger charge is -2.15. The van der Waals surface area contributed by atoms with Crippen molar-refractivity contribution in [3.63, 3.8) is 0 Å². The Morgan fingerprint density at radius 1 is 0.897 bits per heavy atom. The molecule has 0 bridgehead atoms. The van der Waals surface area contributed by atoms with Crippen LogP contribution in [0.25, 0.3) is 11.1 Å². The molecule has 1 saturated carbocycles. The molecule has 29 heavy (non-hydrogen) atoms. The summed E-state index contributed by atoms with van der Waals surface area (Å²) in [5.74, 6) is 1.69. The second-order valence-corrected chi connectivity index (χ2v) is 7.69. The molecular weight excluding hydrogens is 364 g/mol. The minimum Gasteiger partial charge on any atom is -0.454 e. The molecule has 3 aromatic rings. The molecule has 1 fully saturated rings. The second-order valence-electron chi connectivity index (χ2n) is 7.69. The van der Waals surface area contributed by atoms with Gasteiger partial charge in [0.25, 0.3) is 0 Å². The van der Waals surface area contributed by atoms with E-state index in [1.807, 2.05) is 60.7 Å². The number of hydrogen-bond acceptors (Lipinski definition) is 4. The molecule has 1 aliphatic carbocycles. The minimum absolute atomic E-state index is 0.232. The molecule has 5 rings (SSSR count). The molecule has 3 aromatic carbocycles. The highest BCUT2D eigenvalue weighted by atomic mass is 16.7. The Labute approximate surface area is 169 Å². The van der Waals surface area contributed by atoms with Gasteiger partial charge in [-0.15, -0.1) is 0 Å². The van der Waals surface area contributed by atoms with Crippen molar-refractivity contribution in [2.45, 2.75) is 24.7 Å². The first-order chi connectivity index (χ1) is 14.2. The van der Waals surface area contributed by atoms with Crippen molar-refractivity contribution in [1.82, 2.24) is 0 Å². The van der Waals surface area contributed by atoms with E-state index in [1.165, 1.54) is 0 Å². The number of carbonyl (C=O) groups is 2. The summed E-state index contributed by atoms with van der Waals surface area (Å²) >= 11 is 0. The molecule has 0 saturated heterocycles. The Bertz CT molecular complexity index is 1110. The first-order valence-corrected chi connectivity index (χ1v) is 9.76. The summed E-state index contributed by atoms with van der Waals surface area (Å²) in [5.41, 5.74) is 4.21. The standard InChI is InChI=1S/C25H20O4/c26-15-18-4-2-6-20(12-18)19-5-1-3-17(11-19)13-24(27)25(9-10-25)21-7-8-22-23(14-21)29-16-28-22/h1-8,11-12,14-15H,9-10,13,16H2. The summed E-state index contributed by atoms with van der Waals surface area (Å²) in [6.07, 6.45) is 2.97. The van der Waals surface area contributed by atoms with Crippen LogP contribution in [0, 0.1) is 0 Å². The lowest BCUT2D eigenvalue weighted by atomic mass is 9.87. The largest absolute Gasteiger partial charge is 0.454 e. The Morgan fingerprint density at radius 2 is 1.66 bits per heavy atom. The summed E-state index contributed by atoms with van der Waals surface area (Å²) in [4.78, 5) is 24.3. The van der Waals surface area contributed by atoms with Gasteiger partial charge in [0.2, 0.25) is 6.79 Å². The highest BCUT2D eigenvalue weighted by molar-refractivity contribution is 5.95. The van der Waals surface area contributed by atoms with Crippen molar-refractivity contribution in [3.8, 4) is 22.6 Å². The Balaban J connectivity index is 1.39. The van der Waals surface area contributed by atoms with Gasteiger partial charge < -0.3 is 9.47 Å². The van der Waals surface area contributed by atoms with Gasteiger partial charge in [0.1, 0.15) is 12.1 Å². The maximum absolute atomic E-state index is 13.2. The van der Waals surface area contributed by atoms with Gasteiger partial charge in [-0.25, -0.2) is 0 Å². The predicted octanol–water partition coefficient (Wildman–Crippen LogP) is 4.74. The van der Waals surface area contributed by atoms with Crippen LogP contribution in [0.4, 0.5) is 0 Å². The van der Waals surface area contributed by atoms with Crippen molar-refractivity contribution in [1.29, 1.82) is 0 Å². The number of fused-ring (bicyclic) bond motifs is 1. The van der Waals surface area contributed by atoms with E-state index in [1.54, 1.807) is 6.07 Å². The Kier molecular flexibility index (Phi) is 4.20. The van der Waals surface area contributed by atoms with E-state index in [0.717, 1.165) is 52.9 Å². The number of hydrogen-bond donors (Lipinski definition) is 0. The number of carbonyl (C=O) groups excluding carboxylic acids is 2. The maximum atomic E-state index is 13.2. The van der Waals surface area contributed by atoms with Crippen molar-refractivity contribution < 1.29 is 19.1 Å². The quantitative estimate of drug-likeness (QED) is 0.576. The van der Waals surface area contributed by atoms with E-state index < -0.39 is 5.41 Å². The van der Waals surface area contributed by atoms with E-state index >= 15 is 0 Å². The number of benzene rings is 3. The van der Waals surface area contributed by atoms with Crippen LogP contribution in [0.2, 0.25) is 0 Å². The van der Waals surface area contributed by atoms with Gasteiger partial charge in [0, 0.05) is 12.0 Å². The van der Waals surface area contributed by atoms with Crippen LogP contribution >= 0.6 is 0 Å². The summed E-state index contributed by atoms with van der Waals surface area (Å²) in [7, 11) is 0. The minimum atomic E-state index is -0.408. The van der Waals surface area contributed by atoms with Crippen molar-refractivity contribution in [2.75, 3.05) is 6.79 Å². The number of aldehydes is 1. The zero-order valence-corrected chi connectivity index (χ0v) is 15.9. The molecule has 1 heterocycles. The summed E-state index contributed by atoms with van der Waals surface area (Å²) in [6.45, 7) is 0.234. The first-order valence-electron chi connectivity index (χ1n) is 9.76. The maximum Gasteiger partial charge on any atom is 0.231 e. The molecule has 0 radical (unpaired) electrons.